The van der Waals surface area contributed by atoms with Crippen molar-refractivity contribution >= 4 is 42.3 Å². The second-order valence-corrected chi connectivity index (χ2v) is 11.1. The molecule has 0 atom stereocenters. The van der Waals surface area contributed by atoms with Gasteiger partial charge in [-0.1, -0.05) is 62.2 Å². The van der Waals surface area contributed by atoms with E-state index in [1.807, 2.05) is 0 Å². The van der Waals surface area contributed by atoms with E-state index < -0.39 is 0 Å². The largest absolute Gasteiger partial charge is 0.253 e. The summed E-state index contributed by atoms with van der Waals surface area (Å²) >= 11 is 1.74. The lowest BCUT2D eigenvalue weighted by Crippen LogP contribution is -2.08. The molecule has 0 radical (unpaired) electrons. The lowest BCUT2D eigenvalue weighted by molar-refractivity contribution is 0.411. The summed E-state index contributed by atoms with van der Waals surface area (Å²) in [7, 11) is 0. The maximum atomic E-state index is 9.92. The second-order valence-electron chi connectivity index (χ2n) is 10.0. The first-order chi connectivity index (χ1) is 15.2. The molecule has 3 aromatic carbocycles. The summed E-state index contributed by atoms with van der Waals surface area (Å²) in [6.45, 7) is 11.0. The molecule has 0 N–H and O–H groups in total. The van der Waals surface area contributed by atoms with Gasteiger partial charge in [-0.2, -0.15) is 5.26 Å². The molecule has 0 amide bonds. The predicted molar refractivity (Wildman–Crippen MR) is 137 cm³/mol. The number of fused-ring (bicyclic) bond motifs is 5. The van der Waals surface area contributed by atoms with Crippen LogP contribution < -0.4 is 0 Å². The van der Waals surface area contributed by atoms with Gasteiger partial charge >= 0.3 is 0 Å². The van der Waals surface area contributed by atoms with Gasteiger partial charge in [-0.3, -0.25) is 4.98 Å². The van der Waals surface area contributed by atoms with Crippen molar-refractivity contribution in [2.45, 2.75) is 41.0 Å². The minimum absolute atomic E-state index is 0.243. The van der Waals surface area contributed by atoms with Gasteiger partial charge in [0, 0.05) is 27.2 Å². The van der Waals surface area contributed by atoms with Crippen molar-refractivity contribution in [1.82, 2.24) is 4.98 Å². The average molecular weight is 435 g/mol. The summed E-state index contributed by atoms with van der Waals surface area (Å²) in [5.41, 5.74) is 6.75. The van der Waals surface area contributed by atoms with Crippen molar-refractivity contribution in [3.05, 3.63) is 77.0 Å². The minimum atomic E-state index is 0.243. The maximum absolute atomic E-state index is 9.92. The number of thiophene rings is 1. The highest BCUT2D eigenvalue weighted by Crippen LogP contribution is 2.43. The molecule has 5 rings (SSSR count). The first kappa shape index (κ1) is 20.7. The van der Waals surface area contributed by atoms with Crippen molar-refractivity contribution in [3.63, 3.8) is 0 Å². The summed E-state index contributed by atoms with van der Waals surface area (Å²) in [6.07, 6.45) is 2.78. The lowest BCUT2D eigenvalue weighted by atomic mass is 9.87. The Hall–Kier alpha value is -3.22. The van der Waals surface area contributed by atoms with Crippen LogP contribution in [0.5, 0.6) is 0 Å². The molecule has 0 aliphatic carbocycles. The van der Waals surface area contributed by atoms with E-state index in [-0.39, 0.29) is 5.41 Å². The fourth-order valence-corrected chi connectivity index (χ4v) is 6.03. The molecule has 2 nitrogen and oxygen atoms in total. The van der Waals surface area contributed by atoms with Crippen LogP contribution in [0.1, 0.15) is 43.0 Å². The fourth-order valence-electron chi connectivity index (χ4n) is 4.78. The van der Waals surface area contributed by atoms with Gasteiger partial charge in [0.25, 0.3) is 0 Å². The van der Waals surface area contributed by atoms with Gasteiger partial charge in [0.15, 0.2) is 0 Å². The first-order valence-corrected chi connectivity index (χ1v) is 11.8. The summed E-state index contributed by atoms with van der Waals surface area (Å²) in [6, 6.07) is 20.2. The van der Waals surface area contributed by atoms with Gasteiger partial charge in [-0.25, -0.2) is 0 Å². The van der Waals surface area contributed by atoms with E-state index in [9.17, 15) is 5.26 Å². The lowest BCUT2D eigenvalue weighted by Gasteiger charge is -2.18. The average Bonchev–Trinajstić information content (AvgIpc) is 3.11. The minimum Gasteiger partial charge on any atom is -0.253 e. The topological polar surface area (TPSA) is 36.7 Å². The molecule has 0 spiro atoms. The van der Waals surface area contributed by atoms with Crippen molar-refractivity contribution in [1.29, 1.82) is 5.26 Å². The van der Waals surface area contributed by atoms with Gasteiger partial charge < -0.3 is 0 Å². The van der Waals surface area contributed by atoms with Crippen LogP contribution in [-0.4, -0.2) is 4.98 Å². The highest BCUT2D eigenvalue weighted by molar-refractivity contribution is 7.26. The third-order valence-electron chi connectivity index (χ3n) is 5.89. The summed E-state index contributed by atoms with van der Waals surface area (Å²) < 4.78 is 2.29. The highest BCUT2D eigenvalue weighted by atomic mass is 32.1. The molecule has 3 heteroatoms. The van der Waals surface area contributed by atoms with Crippen LogP contribution in [0.4, 0.5) is 0 Å². The van der Waals surface area contributed by atoms with Crippen LogP contribution in [0.2, 0.25) is 0 Å². The van der Waals surface area contributed by atoms with Crippen LogP contribution in [-0.2, 0) is 6.42 Å². The molecule has 0 aliphatic heterocycles. The van der Waals surface area contributed by atoms with Gasteiger partial charge in [0.05, 0.1) is 16.0 Å². The molecule has 0 fully saturated rings. The van der Waals surface area contributed by atoms with E-state index in [0.29, 0.717) is 5.56 Å². The second kappa shape index (κ2) is 7.43. The van der Waals surface area contributed by atoms with E-state index in [1.165, 1.54) is 37.5 Å². The Kier molecular flexibility index (Phi) is 4.80. The van der Waals surface area contributed by atoms with E-state index in [0.717, 1.165) is 27.8 Å². The highest BCUT2D eigenvalue weighted by Gasteiger charge is 2.18. The zero-order valence-corrected chi connectivity index (χ0v) is 20.0. The summed E-state index contributed by atoms with van der Waals surface area (Å²) in [4.78, 5) is 4.75. The van der Waals surface area contributed by atoms with Gasteiger partial charge in [-0.05, 0) is 60.2 Å². The Balaban J connectivity index is 1.84. The van der Waals surface area contributed by atoms with Crippen LogP contribution in [0, 0.1) is 30.6 Å². The van der Waals surface area contributed by atoms with E-state index in [4.69, 9.17) is 4.98 Å². The molecular formula is C29H26N2S. The Morgan fingerprint density at radius 1 is 0.938 bits per heavy atom. The molecule has 0 bridgehead atoms. The number of nitrogens with zero attached hydrogens (tertiary/aromatic N) is 2. The van der Waals surface area contributed by atoms with E-state index in [1.54, 1.807) is 17.5 Å². The Morgan fingerprint density at radius 2 is 1.69 bits per heavy atom. The summed E-state index contributed by atoms with van der Waals surface area (Å²) in [5.74, 6) is 0. The molecule has 5 aromatic rings. The number of nitriles is 1. The van der Waals surface area contributed by atoms with Crippen LogP contribution in [0.25, 0.3) is 42.2 Å². The van der Waals surface area contributed by atoms with Crippen molar-refractivity contribution in [2.24, 2.45) is 5.41 Å². The van der Waals surface area contributed by atoms with Gasteiger partial charge in [-0.15, -0.1) is 11.3 Å². The Labute approximate surface area is 193 Å². The maximum Gasteiger partial charge on any atom is 0.101 e. The molecule has 158 valence electrons. The molecule has 0 saturated carbocycles. The third-order valence-corrected chi connectivity index (χ3v) is 7.05. The third kappa shape index (κ3) is 3.55. The SMILES string of the molecule is Cc1cc(C)cc(-c2ncc(C#N)c3c2sc2ccc4cc(CC(C)(C)C)ccc4c23)c1. The number of hydrogen-bond acceptors (Lipinski definition) is 3. The van der Waals surface area contributed by atoms with Crippen LogP contribution in [0.3, 0.4) is 0 Å². The van der Waals surface area contributed by atoms with Crippen LogP contribution >= 0.6 is 11.3 Å². The zero-order valence-electron chi connectivity index (χ0n) is 19.2. The predicted octanol–water partition coefficient (Wildman–Crippen LogP) is 8.35. The van der Waals surface area contributed by atoms with Gasteiger partial charge in [0.1, 0.15) is 6.07 Å². The molecule has 0 unspecified atom stereocenters. The standard InChI is InChI=1S/C29H26N2S/c1-17-10-18(2)12-21(11-17)27-28-25(22(15-30)16-31-27)26-23-8-6-19(14-29(3,4)5)13-20(23)7-9-24(26)32-28/h6-13,16H,14H2,1-5H3. The Morgan fingerprint density at radius 3 is 2.38 bits per heavy atom. The number of hydrogen-bond donors (Lipinski definition) is 0. The number of rotatable bonds is 2. The monoisotopic (exact) mass is 434 g/mol. The number of benzene rings is 3. The normalized spacial score (nSPS) is 12.0. The molecule has 32 heavy (non-hydrogen) atoms. The zero-order chi connectivity index (χ0) is 22.6. The fraction of sp³-hybridized carbons (Fsp3) is 0.241. The molecule has 2 aromatic heterocycles. The van der Waals surface area contributed by atoms with Gasteiger partial charge in [0.2, 0.25) is 0 Å². The van der Waals surface area contributed by atoms with Crippen molar-refractivity contribution in [2.75, 3.05) is 0 Å². The smallest absolute Gasteiger partial charge is 0.101 e. The van der Waals surface area contributed by atoms with Crippen molar-refractivity contribution in [3.8, 4) is 17.3 Å². The molecule has 0 saturated heterocycles. The van der Waals surface area contributed by atoms with Crippen LogP contribution in [0.15, 0.2) is 54.7 Å². The molecule has 2 heterocycles. The Bertz CT molecular complexity index is 1540. The first-order valence-electron chi connectivity index (χ1n) is 11.0. The number of aromatic nitrogens is 1. The number of aryl methyl sites for hydroxylation is 2. The van der Waals surface area contributed by atoms with E-state index in [2.05, 4.69) is 89.2 Å². The molecule has 0 aliphatic rings. The van der Waals surface area contributed by atoms with E-state index >= 15 is 0 Å². The number of pyridine rings is 1. The quantitative estimate of drug-likeness (QED) is 0.280. The summed E-state index contributed by atoms with van der Waals surface area (Å²) in [5, 5.41) is 14.6. The van der Waals surface area contributed by atoms with Crippen molar-refractivity contribution < 1.29 is 0 Å². The molecular weight excluding hydrogens is 408 g/mol.